The highest BCUT2D eigenvalue weighted by molar-refractivity contribution is 6.04. The standard InChI is InChI=1S/C15H12FNO3/c16-12-8-11(18)2-3-13(12)17-15(19)10-1-4-14-9(7-10)5-6-20-14/h1-4,7-8,18H,5-6H2,(H,17,19). The number of phenolic OH excluding ortho intramolecular Hbond substituents is 1. The van der Waals surface area contributed by atoms with Crippen molar-refractivity contribution in [3.63, 3.8) is 0 Å². The first-order valence-electron chi connectivity index (χ1n) is 6.19. The Labute approximate surface area is 114 Å². The number of hydrogen-bond donors (Lipinski definition) is 2. The molecule has 0 unspecified atom stereocenters. The number of fused-ring (bicyclic) bond motifs is 1. The van der Waals surface area contributed by atoms with Gasteiger partial charge >= 0.3 is 0 Å². The van der Waals surface area contributed by atoms with Crippen molar-refractivity contribution >= 4 is 11.6 Å². The number of hydrogen-bond acceptors (Lipinski definition) is 3. The van der Waals surface area contributed by atoms with Crippen molar-refractivity contribution in [2.75, 3.05) is 11.9 Å². The second kappa shape index (κ2) is 4.85. The predicted molar refractivity (Wildman–Crippen MR) is 71.7 cm³/mol. The monoisotopic (exact) mass is 273 g/mol. The molecule has 1 aliphatic rings. The highest BCUT2D eigenvalue weighted by Gasteiger charge is 2.16. The molecule has 0 fully saturated rings. The zero-order chi connectivity index (χ0) is 14.1. The molecule has 3 rings (SSSR count). The van der Waals surface area contributed by atoms with Gasteiger partial charge < -0.3 is 15.2 Å². The lowest BCUT2D eigenvalue weighted by molar-refractivity contribution is 0.102. The van der Waals surface area contributed by atoms with Crippen LogP contribution in [0.15, 0.2) is 36.4 Å². The SMILES string of the molecule is O=C(Nc1ccc(O)cc1F)c1ccc2c(c1)CCO2. The van der Waals surface area contributed by atoms with Crippen molar-refractivity contribution in [3.8, 4) is 11.5 Å². The van der Waals surface area contributed by atoms with E-state index in [9.17, 15) is 9.18 Å². The number of nitrogens with one attached hydrogen (secondary N) is 1. The Morgan fingerprint density at radius 2 is 2.10 bits per heavy atom. The van der Waals surface area contributed by atoms with Gasteiger partial charge in [-0.1, -0.05) is 0 Å². The predicted octanol–water partition coefficient (Wildman–Crippen LogP) is 2.72. The number of rotatable bonds is 2. The van der Waals surface area contributed by atoms with Crippen molar-refractivity contribution in [2.45, 2.75) is 6.42 Å². The van der Waals surface area contributed by atoms with E-state index < -0.39 is 11.7 Å². The molecule has 2 aromatic carbocycles. The summed E-state index contributed by atoms with van der Waals surface area (Å²) in [5.41, 5.74) is 1.45. The minimum absolute atomic E-state index is 0.0320. The second-order valence-electron chi connectivity index (χ2n) is 4.54. The van der Waals surface area contributed by atoms with Crippen LogP contribution >= 0.6 is 0 Å². The Bertz CT molecular complexity index is 685. The molecule has 1 heterocycles. The first-order chi connectivity index (χ1) is 9.63. The number of ether oxygens (including phenoxy) is 1. The number of carbonyl (C=O) groups excluding carboxylic acids is 1. The van der Waals surface area contributed by atoms with E-state index in [1.54, 1.807) is 18.2 Å². The van der Waals surface area contributed by atoms with Crippen molar-refractivity contribution in [1.29, 1.82) is 0 Å². The maximum absolute atomic E-state index is 13.6. The number of aromatic hydroxyl groups is 1. The number of halogens is 1. The van der Waals surface area contributed by atoms with Crippen LogP contribution in [0.1, 0.15) is 15.9 Å². The van der Waals surface area contributed by atoms with E-state index >= 15 is 0 Å². The first-order valence-corrected chi connectivity index (χ1v) is 6.19. The molecule has 2 N–H and O–H groups in total. The van der Waals surface area contributed by atoms with Crippen LogP contribution in [-0.2, 0) is 6.42 Å². The van der Waals surface area contributed by atoms with E-state index in [1.165, 1.54) is 12.1 Å². The third kappa shape index (κ3) is 2.30. The van der Waals surface area contributed by atoms with E-state index in [2.05, 4.69) is 5.32 Å². The summed E-state index contributed by atoms with van der Waals surface area (Å²) < 4.78 is 18.9. The number of benzene rings is 2. The molecule has 0 aromatic heterocycles. The van der Waals surface area contributed by atoms with Gasteiger partial charge in [0.25, 0.3) is 5.91 Å². The van der Waals surface area contributed by atoms with Crippen molar-refractivity contribution < 1.29 is 19.0 Å². The lowest BCUT2D eigenvalue weighted by atomic mass is 10.1. The molecule has 0 atom stereocenters. The lowest BCUT2D eigenvalue weighted by Crippen LogP contribution is -2.13. The molecule has 20 heavy (non-hydrogen) atoms. The summed E-state index contributed by atoms with van der Waals surface area (Å²) >= 11 is 0. The summed E-state index contributed by atoms with van der Waals surface area (Å²) in [6.45, 7) is 0.618. The fourth-order valence-electron chi connectivity index (χ4n) is 2.13. The second-order valence-corrected chi connectivity index (χ2v) is 4.54. The quantitative estimate of drug-likeness (QED) is 0.827. The van der Waals surface area contributed by atoms with Gasteiger partial charge in [0.2, 0.25) is 0 Å². The van der Waals surface area contributed by atoms with E-state index in [-0.39, 0.29) is 11.4 Å². The van der Waals surface area contributed by atoms with Crippen LogP contribution in [0.25, 0.3) is 0 Å². The number of amides is 1. The smallest absolute Gasteiger partial charge is 0.255 e. The molecule has 0 saturated heterocycles. The van der Waals surface area contributed by atoms with E-state index in [0.717, 1.165) is 23.8 Å². The van der Waals surface area contributed by atoms with Gasteiger partial charge in [-0.3, -0.25) is 4.79 Å². The molecule has 4 nitrogen and oxygen atoms in total. The molecule has 0 spiro atoms. The van der Waals surface area contributed by atoms with Crippen molar-refractivity contribution in [2.24, 2.45) is 0 Å². The normalized spacial score (nSPS) is 12.7. The third-order valence-electron chi connectivity index (χ3n) is 3.15. The summed E-state index contributed by atoms with van der Waals surface area (Å²) in [5.74, 6) is -0.473. The Hall–Kier alpha value is -2.56. The largest absolute Gasteiger partial charge is 0.508 e. The highest BCUT2D eigenvalue weighted by atomic mass is 19.1. The number of anilines is 1. The average Bonchev–Trinajstić information content (AvgIpc) is 2.89. The molecule has 0 bridgehead atoms. The number of carbonyl (C=O) groups is 1. The Morgan fingerprint density at radius 1 is 1.25 bits per heavy atom. The van der Waals surface area contributed by atoms with Gasteiger partial charge in [0.1, 0.15) is 17.3 Å². The molecule has 5 heteroatoms. The van der Waals surface area contributed by atoms with Gasteiger partial charge in [0, 0.05) is 18.1 Å². The summed E-state index contributed by atoms with van der Waals surface area (Å²) in [6, 6.07) is 8.71. The minimum atomic E-state index is -0.678. The Morgan fingerprint density at radius 3 is 2.90 bits per heavy atom. The maximum Gasteiger partial charge on any atom is 0.255 e. The van der Waals surface area contributed by atoms with Gasteiger partial charge in [-0.05, 0) is 35.9 Å². The zero-order valence-electron chi connectivity index (χ0n) is 10.5. The topological polar surface area (TPSA) is 58.6 Å². The zero-order valence-corrected chi connectivity index (χ0v) is 10.5. The summed E-state index contributed by atoms with van der Waals surface area (Å²) in [5, 5.41) is 11.6. The van der Waals surface area contributed by atoms with Gasteiger partial charge in [-0.15, -0.1) is 0 Å². The summed E-state index contributed by atoms with van der Waals surface area (Å²) in [4.78, 5) is 12.1. The lowest BCUT2D eigenvalue weighted by Gasteiger charge is -2.07. The van der Waals surface area contributed by atoms with Crippen LogP contribution in [0.4, 0.5) is 10.1 Å². The molecule has 1 amide bonds. The van der Waals surface area contributed by atoms with Crippen LogP contribution in [-0.4, -0.2) is 17.6 Å². The van der Waals surface area contributed by atoms with Gasteiger partial charge in [0.05, 0.1) is 12.3 Å². The molecule has 1 aliphatic heterocycles. The van der Waals surface area contributed by atoms with Crippen LogP contribution in [0, 0.1) is 5.82 Å². The van der Waals surface area contributed by atoms with Crippen LogP contribution in [0.5, 0.6) is 11.5 Å². The molecular weight excluding hydrogens is 261 g/mol. The minimum Gasteiger partial charge on any atom is -0.508 e. The Balaban J connectivity index is 1.82. The molecule has 0 radical (unpaired) electrons. The fourth-order valence-corrected chi connectivity index (χ4v) is 2.13. The summed E-state index contributed by atoms with van der Waals surface area (Å²) in [6.07, 6.45) is 0.768. The third-order valence-corrected chi connectivity index (χ3v) is 3.15. The van der Waals surface area contributed by atoms with Crippen molar-refractivity contribution in [3.05, 3.63) is 53.3 Å². The van der Waals surface area contributed by atoms with Crippen LogP contribution < -0.4 is 10.1 Å². The molecular formula is C15H12FNO3. The summed E-state index contributed by atoms with van der Waals surface area (Å²) in [7, 11) is 0. The Kier molecular flexibility index (Phi) is 3.02. The van der Waals surface area contributed by atoms with Gasteiger partial charge in [0.15, 0.2) is 0 Å². The fraction of sp³-hybridized carbons (Fsp3) is 0.133. The van der Waals surface area contributed by atoms with Crippen LogP contribution in [0.2, 0.25) is 0 Å². The van der Waals surface area contributed by atoms with Gasteiger partial charge in [-0.25, -0.2) is 4.39 Å². The molecule has 0 aliphatic carbocycles. The molecule has 0 saturated carbocycles. The number of phenols is 1. The van der Waals surface area contributed by atoms with E-state index in [1.807, 2.05) is 0 Å². The van der Waals surface area contributed by atoms with Crippen LogP contribution in [0.3, 0.4) is 0 Å². The van der Waals surface area contributed by atoms with Crippen molar-refractivity contribution in [1.82, 2.24) is 0 Å². The maximum atomic E-state index is 13.6. The molecule has 102 valence electrons. The van der Waals surface area contributed by atoms with E-state index in [4.69, 9.17) is 9.84 Å². The van der Waals surface area contributed by atoms with Gasteiger partial charge in [-0.2, -0.15) is 0 Å². The molecule has 2 aromatic rings. The van der Waals surface area contributed by atoms with E-state index in [0.29, 0.717) is 12.2 Å². The average molecular weight is 273 g/mol. The first kappa shape index (κ1) is 12.5. The highest BCUT2D eigenvalue weighted by Crippen LogP contribution is 2.26.